The summed E-state index contributed by atoms with van der Waals surface area (Å²) < 4.78 is 10.1. The molecule has 2 atom stereocenters. The van der Waals surface area contributed by atoms with Gasteiger partial charge in [0.15, 0.2) is 0 Å². The largest absolute Gasteiger partial charge is 0.494 e. The molecule has 11 nitrogen and oxygen atoms in total. The molecule has 0 spiro atoms. The molecule has 1 saturated carbocycles. The minimum atomic E-state index is -0.273. The maximum atomic E-state index is 12.6. The zero-order valence-corrected chi connectivity index (χ0v) is 27.0. The Morgan fingerprint density at radius 3 is 2.64 bits per heavy atom. The molecule has 0 unspecified atom stereocenters. The molecule has 2 aliphatic heterocycles. The first-order valence-electron chi connectivity index (χ1n) is 16.2. The summed E-state index contributed by atoms with van der Waals surface area (Å²) in [4.78, 5) is 27.3. The van der Waals surface area contributed by atoms with Crippen LogP contribution in [0, 0.1) is 5.92 Å². The quantitative estimate of drug-likeness (QED) is 0.196. The van der Waals surface area contributed by atoms with Crippen LogP contribution in [0.5, 0.6) is 5.75 Å². The third kappa shape index (κ3) is 5.30. The number of fused-ring (bicyclic) bond motifs is 2. The van der Waals surface area contributed by atoms with Crippen molar-refractivity contribution in [1.82, 2.24) is 29.2 Å². The van der Waals surface area contributed by atoms with Gasteiger partial charge in [0, 0.05) is 84.5 Å². The first-order valence-corrected chi connectivity index (χ1v) is 16.2. The monoisotopic (exact) mass is 629 g/mol. The lowest BCUT2D eigenvalue weighted by atomic mass is 10.0. The van der Waals surface area contributed by atoms with Crippen molar-refractivity contribution in [2.45, 2.75) is 31.3 Å². The molecule has 3 aromatic heterocycles. The van der Waals surface area contributed by atoms with E-state index in [1.165, 1.54) is 30.9 Å². The van der Waals surface area contributed by atoms with Crippen LogP contribution in [0.2, 0.25) is 0 Å². The Hall–Kier alpha value is -5.16. The number of carbonyl (C=O) groups excluding carboxylic acids is 1. The lowest BCUT2D eigenvalue weighted by Gasteiger charge is -2.26. The van der Waals surface area contributed by atoms with Crippen molar-refractivity contribution in [3.05, 3.63) is 73.8 Å². The number of rotatable bonds is 9. The van der Waals surface area contributed by atoms with Crippen molar-refractivity contribution in [2.24, 2.45) is 13.0 Å². The number of para-hydroxylation sites is 1. The van der Waals surface area contributed by atoms with E-state index in [4.69, 9.17) is 14.7 Å². The molecule has 0 radical (unpaired) electrons. The van der Waals surface area contributed by atoms with Crippen molar-refractivity contribution in [3.8, 4) is 28.1 Å². The van der Waals surface area contributed by atoms with Gasteiger partial charge >= 0.3 is 0 Å². The van der Waals surface area contributed by atoms with Gasteiger partial charge in [-0.3, -0.25) is 9.48 Å². The Kier molecular flexibility index (Phi) is 7.20. The third-order valence-electron chi connectivity index (χ3n) is 9.91. The number of ether oxygens (including phenoxy) is 1. The number of hydrogen-bond acceptors (Lipinski definition) is 8. The number of likely N-dealkylation sites (N-methyl/N-ethyl adjacent to an activating group) is 1. The van der Waals surface area contributed by atoms with E-state index in [1.807, 2.05) is 37.8 Å². The lowest BCUT2D eigenvalue weighted by Crippen LogP contribution is -2.32. The molecule has 2 N–H and O–H groups in total. The molecule has 2 saturated heterocycles. The maximum Gasteiger partial charge on any atom is 0.247 e. The highest BCUT2D eigenvalue weighted by Crippen LogP contribution is 2.44. The molecule has 5 heterocycles. The van der Waals surface area contributed by atoms with E-state index in [1.54, 1.807) is 11.8 Å². The topological polar surface area (TPSA) is 105 Å². The number of anilines is 4. The summed E-state index contributed by atoms with van der Waals surface area (Å²) in [7, 11) is 5.76. The van der Waals surface area contributed by atoms with Crippen molar-refractivity contribution in [3.63, 3.8) is 0 Å². The van der Waals surface area contributed by atoms with Gasteiger partial charge < -0.3 is 29.7 Å². The van der Waals surface area contributed by atoms with E-state index in [-0.39, 0.29) is 5.91 Å². The van der Waals surface area contributed by atoms with Crippen LogP contribution in [-0.4, -0.2) is 75.0 Å². The minimum absolute atomic E-state index is 0.273. The van der Waals surface area contributed by atoms with E-state index in [0.717, 1.165) is 53.1 Å². The fourth-order valence-electron chi connectivity index (χ4n) is 7.34. The highest BCUT2D eigenvalue weighted by atomic mass is 16.5. The number of carbonyl (C=O) groups is 1. The lowest BCUT2D eigenvalue weighted by molar-refractivity contribution is -0.111. The van der Waals surface area contributed by atoms with Gasteiger partial charge in [-0.15, -0.1) is 0 Å². The van der Waals surface area contributed by atoms with Gasteiger partial charge in [-0.25, -0.2) is 9.97 Å². The molecule has 1 amide bonds. The first kappa shape index (κ1) is 29.3. The molecule has 240 valence electrons. The number of methoxy groups -OCH3 is 1. The molecule has 0 bridgehead atoms. The summed E-state index contributed by atoms with van der Waals surface area (Å²) in [5.41, 5.74) is 7.15. The van der Waals surface area contributed by atoms with Crippen molar-refractivity contribution in [1.29, 1.82) is 0 Å². The SMILES string of the molecule is C=CC(=O)Nc1cc(Nc2ncc(-c3cnn(C)c3)c(-c3cn(C4CC4)c4ccccc34)n2)c(OC)cc1N1C[C@H]2CCN(C)[C@H]2C1. The van der Waals surface area contributed by atoms with Gasteiger partial charge in [-0.05, 0) is 57.0 Å². The van der Waals surface area contributed by atoms with Crippen molar-refractivity contribution < 1.29 is 9.53 Å². The summed E-state index contributed by atoms with van der Waals surface area (Å²) in [6, 6.07) is 13.4. The second-order valence-corrected chi connectivity index (χ2v) is 12.9. The summed E-state index contributed by atoms with van der Waals surface area (Å²) in [5, 5.41) is 12.0. The molecule has 5 aromatic rings. The number of nitrogens with one attached hydrogen (secondary N) is 2. The zero-order chi connectivity index (χ0) is 32.2. The van der Waals surface area contributed by atoms with Crippen LogP contribution < -0.4 is 20.3 Å². The third-order valence-corrected chi connectivity index (χ3v) is 9.91. The average molecular weight is 630 g/mol. The zero-order valence-electron chi connectivity index (χ0n) is 27.0. The number of nitrogens with zero attached hydrogens (tertiary/aromatic N) is 7. The normalized spacial score (nSPS) is 19.3. The van der Waals surface area contributed by atoms with Crippen LogP contribution in [0.1, 0.15) is 25.3 Å². The Bertz CT molecular complexity index is 2010. The summed E-state index contributed by atoms with van der Waals surface area (Å²) in [5.74, 6) is 1.38. The minimum Gasteiger partial charge on any atom is -0.494 e. The number of aromatic nitrogens is 5. The van der Waals surface area contributed by atoms with Crippen LogP contribution in [0.3, 0.4) is 0 Å². The highest BCUT2D eigenvalue weighted by molar-refractivity contribution is 6.02. The molecule has 3 aliphatic rings. The molecular formula is C36H39N9O2. The smallest absolute Gasteiger partial charge is 0.247 e. The molecule has 1 aliphatic carbocycles. The Morgan fingerprint density at radius 2 is 1.89 bits per heavy atom. The van der Waals surface area contributed by atoms with Gasteiger partial charge in [0.05, 0.1) is 36.1 Å². The van der Waals surface area contributed by atoms with Crippen LogP contribution in [0.25, 0.3) is 33.3 Å². The predicted molar refractivity (Wildman–Crippen MR) is 185 cm³/mol. The number of hydrogen-bond donors (Lipinski definition) is 2. The second kappa shape index (κ2) is 11.6. The standard InChI is InChI=1S/C36H39N9O2/c1-5-34(46)39-28-14-29(33(47-4)15-31(28)44-19-22-12-13-42(2)32(22)21-44)40-36-37-17-26(23-16-38-43(3)18-23)35(41-36)27-20-45(24-10-11-24)30-9-7-6-8-25(27)30/h5-9,14-18,20,22,24,32H,1,10-13,19,21H2,2-4H3,(H,39,46)(H,37,40,41)/t22-,32+/m1/s1. The maximum absolute atomic E-state index is 12.6. The fraction of sp³-hybridized carbons (Fsp3) is 0.333. The summed E-state index contributed by atoms with van der Waals surface area (Å²) in [6.07, 6.45) is 12.7. The van der Waals surface area contributed by atoms with Crippen LogP contribution >= 0.6 is 0 Å². The van der Waals surface area contributed by atoms with E-state index < -0.39 is 0 Å². The van der Waals surface area contributed by atoms with E-state index in [9.17, 15) is 4.79 Å². The average Bonchev–Trinajstić information content (AvgIpc) is 3.36. The summed E-state index contributed by atoms with van der Waals surface area (Å²) >= 11 is 0. The Balaban J connectivity index is 1.21. The number of benzene rings is 2. The molecule has 3 fully saturated rings. The van der Waals surface area contributed by atoms with Crippen molar-refractivity contribution in [2.75, 3.05) is 49.3 Å². The van der Waals surface area contributed by atoms with E-state index >= 15 is 0 Å². The van der Waals surface area contributed by atoms with Gasteiger partial charge in [0.1, 0.15) is 5.75 Å². The molecule has 2 aromatic carbocycles. The second-order valence-electron chi connectivity index (χ2n) is 12.9. The first-order chi connectivity index (χ1) is 22.9. The van der Waals surface area contributed by atoms with Gasteiger partial charge in [0.25, 0.3) is 0 Å². The molecule has 8 rings (SSSR count). The summed E-state index contributed by atoms with van der Waals surface area (Å²) in [6.45, 7) is 6.62. The highest BCUT2D eigenvalue weighted by Gasteiger charge is 2.40. The number of likely N-dealkylation sites (tertiary alicyclic amines) is 1. The van der Waals surface area contributed by atoms with E-state index in [0.29, 0.717) is 41.1 Å². The van der Waals surface area contributed by atoms with E-state index in [2.05, 4.69) is 74.2 Å². The van der Waals surface area contributed by atoms with Crippen LogP contribution in [-0.2, 0) is 11.8 Å². The molecule has 47 heavy (non-hydrogen) atoms. The van der Waals surface area contributed by atoms with Gasteiger partial charge in [-0.2, -0.15) is 5.10 Å². The van der Waals surface area contributed by atoms with Crippen LogP contribution in [0.15, 0.2) is 73.8 Å². The number of aryl methyl sites for hydroxylation is 1. The predicted octanol–water partition coefficient (Wildman–Crippen LogP) is 5.85. The van der Waals surface area contributed by atoms with Crippen LogP contribution in [0.4, 0.5) is 23.0 Å². The molecule has 11 heteroatoms. The van der Waals surface area contributed by atoms with Gasteiger partial charge in [-0.1, -0.05) is 24.8 Å². The number of amides is 1. The Labute approximate surface area is 273 Å². The fourth-order valence-corrected chi connectivity index (χ4v) is 7.34. The van der Waals surface area contributed by atoms with Crippen molar-refractivity contribution >= 4 is 39.8 Å². The Morgan fingerprint density at radius 1 is 1.04 bits per heavy atom. The van der Waals surface area contributed by atoms with Gasteiger partial charge in [0.2, 0.25) is 11.9 Å². The molecular weight excluding hydrogens is 590 g/mol.